The van der Waals surface area contributed by atoms with Gasteiger partial charge in [-0.2, -0.15) is 0 Å². The summed E-state index contributed by atoms with van der Waals surface area (Å²) in [5.41, 5.74) is -0.611. The summed E-state index contributed by atoms with van der Waals surface area (Å²) in [6.07, 6.45) is 5.27. The zero-order chi connectivity index (χ0) is 11.9. The molecule has 0 aliphatic rings. The standard InChI is InChI=1S/C12H22O3/c1-10(13)8-6-4-5-7-9-12(2,3)11(14)15/h4-9H2,1-3H3,(H,14,15). The van der Waals surface area contributed by atoms with Crippen LogP contribution in [0.2, 0.25) is 0 Å². The van der Waals surface area contributed by atoms with Crippen molar-refractivity contribution in [2.24, 2.45) is 5.41 Å². The highest BCUT2D eigenvalue weighted by molar-refractivity contribution is 5.75. The Hall–Kier alpha value is -0.860. The maximum Gasteiger partial charge on any atom is 0.309 e. The maximum atomic E-state index is 10.8. The lowest BCUT2D eigenvalue weighted by Gasteiger charge is -2.18. The predicted octanol–water partition coefficient (Wildman–Crippen LogP) is 3.03. The molecule has 0 unspecified atom stereocenters. The lowest BCUT2D eigenvalue weighted by Crippen LogP contribution is -2.23. The molecule has 0 fully saturated rings. The summed E-state index contributed by atoms with van der Waals surface area (Å²) < 4.78 is 0. The Morgan fingerprint density at radius 1 is 1.07 bits per heavy atom. The number of carbonyl (C=O) groups is 2. The molecule has 0 amide bonds. The molecule has 0 aromatic rings. The molecule has 0 atom stereocenters. The van der Waals surface area contributed by atoms with E-state index in [1.807, 2.05) is 0 Å². The molecular weight excluding hydrogens is 192 g/mol. The monoisotopic (exact) mass is 214 g/mol. The summed E-state index contributed by atoms with van der Waals surface area (Å²) in [6, 6.07) is 0. The summed E-state index contributed by atoms with van der Waals surface area (Å²) in [6.45, 7) is 5.11. The second-order valence-corrected chi connectivity index (χ2v) is 4.81. The van der Waals surface area contributed by atoms with Crippen LogP contribution in [0.4, 0.5) is 0 Å². The van der Waals surface area contributed by atoms with Gasteiger partial charge in [-0.25, -0.2) is 0 Å². The van der Waals surface area contributed by atoms with E-state index in [1.54, 1.807) is 20.8 Å². The van der Waals surface area contributed by atoms with E-state index in [0.29, 0.717) is 12.8 Å². The first kappa shape index (κ1) is 14.1. The van der Waals surface area contributed by atoms with Crippen molar-refractivity contribution in [1.29, 1.82) is 0 Å². The van der Waals surface area contributed by atoms with Crippen molar-refractivity contribution < 1.29 is 14.7 Å². The van der Waals surface area contributed by atoms with Crippen LogP contribution in [0.3, 0.4) is 0 Å². The van der Waals surface area contributed by atoms with E-state index in [2.05, 4.69) is 0 Å². The fraction of sp³-hybridized carbons (Fsp3) is 0.833. The molecule has 0 radical (unpaired) electrons. The van der Waals surface area contributed by atoms with Gasteiger partial charge >= 0.3 is 5.97 Å². The molecule has 0 saturated carbocycles. The van der Waals surface area contributed by atoms with Crippen molar-refractivity contribution in [2.75, 3.05) is 0 Å². The average molecular weight is 214 g/mol. The summed E-state index contributed by atoms with van der Waals surface area (Å²) in [7, 11) is 0. The van der Waals surface area contributed by atoms with Gasteiger partial charge in [-0.15, -0.1) is 0 Å². The highest BCUT2D eigenvalue weighted by Crippen LogP contribution is 2.24. The van der Waals surface area contributed by atoms with Crippen LogP contribution >= 0.6 is 0 Å². The fourth-order valence-corrected chi connectivity index (χ4v) is 1.40. The quantitative estimate of drug-likeness (QED) is 0.632. The van der Waals surface area contributed by atoms with Gasteiger partial charge in [0.15, 0.2) is 0 Å². The number of Topliss-reactive ketones (excluding diaryl/α,β-unsaturated/α-hetero) is 1. The van der Waals surface area contributed by atoms with E-state index in [4.69, 9.17) is 5.11 Å². The number of ketones is 1. The van der Waals surface area contributed by atoms with Crippen LogP contribution in [-0.2, 0) is 9.59 Å². The minimum Gasteiger partial charge on any atom is -0.481 e. The van der Waals surface area contributed by atoms with Crippen molar-refractivity contribution in [3.63, 3.8) is 0 Å². The number of rotatable bonds is 8. The number of hydrogen-bond acceptors (Lipinski definition) is 2. The first-order valence-corrected chi connectivity index (χ1v) is 5.59. The first-order valence-electron chi connectivity index (χ1n) is 5.59. The van der Waals surface area contributed by atoms with Gasteiger partial charge < -0.3 is 9.90 Å². The molecule has 0 aliphatic carbocycles. The molecule has 3 heteroatoms. The van der Waals surface area contributed by atoms with Crippen LogP contribution in [-0.4, -0.2) is 16.9 Å². The van der Waals surface area contributed by atoms with Crippen molar-refractivity contribution >= 4 is 11.8 Å². The smallest absolute Gasteiger partial charge is 0.309 e. The third-order valence-electron chi connectivity index (χ3n) is 2.66. The molecule has 0 spiro atoms. The van der Waals surface area contributed by atoms with E-state index in [0.717, 1.165) is 25.7 Å². The second kappa shape index (κ2) is 6.59. The number of carbonyl (C=O) groups excluding carboxylic acids is 1. The van der Waals surface area contributed by atoms with E-state index >= 15 is 0 Å². The molecule has 0 bridgehead atoms. The number of carboxylic acids is 1. The molecule has 15 heavy (non-hydrogen) atoms. The molecular formula is C12H22O3. The Kier molecular flexibility index (Phi) is 6.21. The average Bonchev–Trinajstić information content (AvgIpc) is 2.10. The lowest BCUT2D eigenvalue weighted by atomic mass is 9.87. The summed E-state index contributed by atoms with van der Waals surface area (Å²) in [4.78, 5) is 21.4. The Bertz CT molecular complexity index is 219. The van der Waals surface area contributed by atoms with Crippen LogP contribution in [0.5, 0.6) is 0 Å². The number of hydrogen-bond donors (Lipinski definition) is 1. The molecule has 88 valence electrons. The van der Waals surface area contributed by atoms with E-state index < -0.39 is 11.4 Å². The molecule has 3 nitrogen and oxygen atoms in total. The van der Waals surface area contributed by atoms with Gasteiger partial charge in [-0.3, -0.25) is 4.79 Å². The van der Waals surface area contributed by atoms with Gasteiger partial charge in [-0.1, -0.05) is 19.3 Å². The Morgan fingerprint density at radius 3 is 2.07 bits per heavy atom. The van der Waals surface area contributed by atoms with Gasteiger partial charge in [0.05, 0.1) is 5.41 Å². The number of aliphatic carboxylic acids is 1. The van der Waals surface area contributed by atoms with Crippen LogP contribution in [0.1, 0.15) is 59.3 Å². The van der Waals surface area contributed by atoms with Crippen molar-refractivity contribution in [2.45, 2.75) is 59.3 Å². The van der Waals surface area contributed by atoms with E-state index in [1.165, 1.54) is 0 Å². The van der Waals surface area contributed by atoms with Gasteiger partial charge in [0.2, 0.25) is 0 Å². The first-order chi connectivity index (χ1) is 6.86. The Balaban J connectivity index is 3.46. The van der Waals surface area contributed by atoms with E-state index in [-0.39, 0.29) is 5.78 Å². The third kappa shape index (κ3) is 7.11. The van der Waals surface area contributed by atoms with Crippen LogP contribution in [0, 0.1) is 5.41 Å². The minimum absolute atomic E-state index is 0.237. The molecule has 1 N–H and O–H groups in total. The zero-order valence-corrected chi connectivity index (χ0v) is 10.0. The summed E-state index contributed by atoms with van der Waals surface area (Å²) in [5.74, 6) is -0.493. The minimum atomic E-state index is -0.730. The van der Waals surface area contributed by atoms with E-state index in [9.17, 15) is 9.59 Å². The lowest BCUT2D eigenvalue weighted by molar-refractivity contribution is -0.147. The normalized spacial score (nSPS) is 11.4. The Labute approximate surface area is 91.9 Å². The third-order valence-corrected chi connectivity index (χ3v) is 2.66. The van der Waals surface area contributed by atoms with Crippen LogP contribution in [0.25, 0.3) is 0 Å². The van der Waals surface area contributed by atoms with Gasteiger partial charge in [0.25, 0.3) is 0 Å². The zero-order valence-electron chi connectivity index (χ0n) is 10.0. The number of carboxylic acid groups (broad SMARTS) is 1. The van der Waals surface area contributed by atoms with Crippen molar-refractivity contribution in [1.82, 2.24) is 0 Å². The molecule has 0 saturated heterocycles. The largest absolute Gasteiger partial charge is 0.481 e. The van der Waals surface area contributed by atoms with Crippen molar-refractivity contribution in [3.05, 3.63) is 0 Å². The maximum absolute atomic E-state index is 10.8. The molecule has 0 rings (SSSR count). The van der Waals surface area contributed by atoms with Crippen molar-refractivity contribution in [3.8, 4) is 0 Å². The van der Waals surface area contributed by atoms with Gasteiger partial charge in [-0.05, 0) is 33.6 Å². The molecule has 0 aromatic carbocycles. The SMILES string of the molecule is CC(=O)CCCCCCC(C)(C)C(=O)O. The molecule has 0 heterocycles. The Morgan fingerprint density at radius 2 is 1.60 bits per heavy atom. The summed E-state index contributed by atoms with van der Waals surface area (Å²) >= 11 is 0. The predicted molar refractivity (Wildman–Crippen MR) is 59.8 cm³/mol. The van der Waals surface area contributed by atoms with Gasteiger partial charge in [0.1, 0.15) is 5.78 Å². The second-order valence-electron chi connectivity index (χ2n) is 4.81. The highest BCUT2D eigenvalue weighted by atomic mass is 16.4. The van der Waals surface area contributed by atoms with Crippen LogP contribution < -0.4 is 0 Å². The fourth-order valence-electron chi connectivity index (χ4n) is 1.40. The van der Waals surface area contributed by atoms with Gasteiger partial charge in [0, 0.05) is 6.42 Å². The van der Waals surface area contributed by atoms with Crippen LogP contribution in [0.15, 0.2) is 0 Å². The molecule has 0 aliphatic heterocycles. The molecule has 0 aromatic heterocycles. The highest BCUT2D eigenvalue weighted by Gasteiger charge is 2.25. The summed E-state index contributed by atoms with van der Waals surface area (Å²) in [5, 5.41) is 8.87. The topological polar surface area (TPSA) is 54.4 Å². The number of unbranched alkanes of at least 4 members (excludes halogenated alkanes) is 3.